The molecule has 18 heavy (non-hydrogen) atoms. The van der Waals surface area contributed by atoms with Crippen LogP contribution in [0.5, 0.6) is 0 Å². The van der Waals surface area contributed by atoms with Gasteiger partial charge in [-0.2, -0.15) is 0 Å². The predicted octanol–water partition coefficient (Wildman–Crippen LogP) is -1.70. The molecule has 0 fully saturated rings. The Bertz CT molecular complexity index is 344. The van der Waals surface area contributed by atoms with Crippen LogP contribution >= 0.6 is 0 Å². The van der Waals surface area contributed by atoms with E-state index in [1.807, 2.05) is 0 Å². The maximum atomic E-state index is 3.57. The Balaban J connectivity index is -0.000000320. The third-order valence-corrected chi connectivity index (χ3v) is 3.86. The Labute approximate surface area is 141 Å². The monoisotopic (exact) mass is 237 g/mol. The van der Waals surface area contributed by atoms with Crippen LogP contribution in [0.1, 0.15) is 57.7 Å². The molecule has 96 valence electrons. The molecule has 0 aromatic heterocycles. The maximum Gasteiger partial charge on any atom is 1.00 e. The SMILES string of the molecule is CC1=C(C)C(C)C(CCNC(C)(C)C)=C1C.[H-].[H-].[Li+].[Li+]. The van der Waals surface area contributed by atoms with Gasteiger partial charge in [0, 0.05) is 5.54 Å². The molecular weight excluding hydrogens is 208 g/mol. The van der Waals surface area contributed by atoms with Crippen molar-refractivity contribution in [3.8, 4) is 0 Å². The molecule has 0 saturated carbocycles. The number of hydrogen-bond acceptors (Lipinski definition) is 1. The molecule has 1 atom stereocenters. The minimum atomic E-state index is 0. The third kappa shape index (κ3) is 5.32. The van der Waals surface area contributed by atoms with Gasteiger partial charge < -0.3 is 8.17 Å². The minimum absolute atomic E-state index is 0. The van der Waals surface area contributed by atoms with E-state index in [2.05, 4.69) is 53.8 Å². The van der Waals surface area contributed by atoms with Gasteiger partial charge in [0.25, 0.3) is 0 Å². The Kier molecular flexibility index (Phi) is 9.36. The standard InChI is InChI=1S/C15H27N.2Li.2H/c1-10-11(2)13(4)14(12(10)3)8-9-16-15(5,6)7;;;;/h12,16H,8-9H2,1-7H3;;;;/q;2*+1;2*-1. The first-order chi connectivity index (χ1) is 7.24. The number of hydrogen-bond donors (Lipinski definition) is 1. The molecule has 0 spiro atoms. The van der Waals surface area contributed by atoms with Crippen LogP contribution in [0.15, 0.2) is 22.3 Å². The van der Waals surface area contributed by atoms with E-state index in [0.717, 1.165) is 6.54 Å². The van der Waals surface area contributed by atoms with E-state index in [9.17, 15) is 0 Å². The molecule has 0 amide bonds. The van der Waals surface area contributed by atoms with E-state index in [1.165, 1.54) is 17.6 Å². The summed E-state index contributed by atoms with van der Waals surface area (Å²) in [7, 11) is 0. The average molecular weight is 237 g/mol. The summed E-state index contributed by atoms with van der Waals surface area (Å²) in [5.74, 6) is 0.654. The van der Waals surface area contributed by atoms with Gasteiger partial charge in [-0.05, 0) is 71.6 Å². The first kappa shape index (κ1) is 20.9. The maximum absolute atomic E-state index is 3.57. The summed E-state index contributed by atoms with van der Waals surface area (Å²) < 4.78 is 0. The molecule has 1 rings (SSSR count). The summed E-state index contributed by atoms with van der Waals surface area (Å²) in [6.07, 6.45) is 1.18. The molecule has 0 aromatic rings. The number of nitrogens with one attached hydrogen (secondary N) is 1. The zero-order valence-electron chi connectivity index (χ0n) is 16.0. The minimum Gasteiger partial charge on any atom is -1.00 e. The summed E-state index contributed by atoms with van der Waals surface area (Å²) in [4.78, 5) is 0. The zero-order valence-corrected chi connectivity index (χ0v) is 14.0. The van der Waals surface area contributed by atoms with Crippen LogP contribution in [-0.2, 0) is 0 Å². The van der Waals surface area contributed by atoms with Gasteiger partial charge in [-0.15, -0.1) is 0 Å². The Morgan fingerprint density at radius 3 is 1.89 bits per heavy atom. The Hall–Kier alpha value is 0.635. The first-order valence-electron chi connectivity index (χ1n) is 6.36. The summed E-state index contributed by atoms with van der Waals surface area (Å²) in [6.45, 7) is 16.9. The van der Waals surface area contributed by atoms with Gasteiger partial charge >= 0.3 is 37.7 Å². The van der Waals surface area contributed by atoms with Crippen molar-refractivity contribution in [2.45, 2.75) is 60.4 Å². The average Bonchev–Trinajstić information content (AvgIpc) is 2.33. The van der Waals surface area contributed by atoms with E-state index in [4.69, 9.17) is 0 Å². The van der Waals surface area contributed by atoms with Gasteiger partial charge in [0.05, 0.1) is 0 Å². The number of allylic oxidation sites excluding steroid dienone is 3. The number of rotatable bonds is 3. The van der Waals surface area contributed by atoms with Crippen LogP contribution in [0.3, 0.4) is 0 Å². The van der Waals surface area contributed by atoms with Crippen molar-refractivity contribution in [1.29, 1.82) is 0 Å². The summed E-state index contributed by atoms with van der Waals surface area (Å²) in [5.41, 5.74) is 6.46. The van der Waals surface area contributed by atoms with Crippen molar-refractivity contribution < 1.29 is 40.6 Å². The van der Waals surface area contributed by atoms with Crippen LogP contribution in [0.4, 0.5) is 0 Å². The van der Waals surface area contributed by atoms with Gasteiger partial charge in [0.15, 0.2) is 0 Å². The van der Waals surface area contributed by atoms with Crippen molar-refractivity contribution in [2.24, 2.45) is 5.92 Å². The zero-order chi connectivity index (χ0) is 12.5. The Morgan fingerprint density at radius 2 is 1.56 bits per heavy atom. The molecule has 3 heteroatoms. The van der Waals surface area contributed by atoms with E-state index in [-0.39, 0.29) is 46.1 Å². The molecule has 0 bridgehead atoms. The second kappa shape index (κ2) is 8.04. The molecule has 1 nitrogen and oxygen atoms in total. The Morgan fingerprint density at radius 1 is 1.06 bits per heavy atom. The van der Waals surface area contributed by atoms with Crippen molar-refractivity contribution >= 4 is 0 Å². The molecule has 0 aromatic carbocycles. The second-order valence-electron chi connectivity index (χ2n) is 6.11. The van der Waals surface area contributed by atoms with E-state index in [0.29, 0.717) is 5.92 Å². The second-order valence-corrected chi connectivity index (χ2v) is 6.11. The van der Waals surface area contributed by atoms with Crippen LogP contribution in [0.25, 0.3) is 0 Å². The third-order valence-electron chi connectivity index (χ3n) is 3.86. The normalized spacial score (nSPS) is 19.8. The van der Waals surface area contributed by atoms with Gasteiger partial charge in [0.1, 0.15) is 0 Å². The summed E-state index contributed by atoms with van der Waals surface area (Å²) in [6, 6.07) is 0. The molecule has 1 unspecified atom stereocenters. The van der Waals surface area contributed by atoms with Gasteiger partial charge in [-0.1, -0.05) is 18.1 Å². The quantitative estimate of drug-likeness (QED) is 0.577. The van der Waals surface area contributed by atoms with Crippen LogP contribution in [-0.4, -0.2) is 12.1 Å². The fourth-order valence-corrected chi connectivity index (χ4v) is 2.42. The molecule has 0 saturated heterocycles. The molecule has 1 aliphatic rings. The fraction of sp³-hybridized carbons (Fsp3) is 0.733. The smallest absolute Gasteiger partial charge is 1.00 e. The summed E-state index contributed by atoms with van der Waals surface area (Å²) >= 11 is 0. The van der Waals surface area contributed by atoms with Crippen molar-refractivity contribution in [1.82, 2.24) is 5.32 Å². The van der Waals surface area contributed by atoms with Crippen LogP contribution in [0.2, 0.25) is 0 Å². The largest absolute Gasteiger partial charge is 1.00 e. The van der Waals surface area contributed by atoms with E-state index >= 15 is 0 Å². The predicted molar refractivity (Wildman–Crippen MR) is 74.8 cm³/mol. The van der Waals surface area contributed by atoms with Gasteiger partial charge in [-0.3, -0.25) is 0 Å². The van der Waals surface area contributed by atoms with Gasteiger partial charge in [-0.25, -0.2) is 0 Å². The van der Waals surface area contributed by atoms with Crippen molar-refractivity contribution in [3.63, 3.8) is 0 Å². The molecule has 1 aliphatic carbocycles. The molecular formula is C15H29Li2N. The van der Waals surface area contributed by atoms with Crippen molar-refractivity contribution in [3.05, 3.63) is 22.3 Å². The fourth-order valence-electron chi connectivity index (χ4n) is 2.42. The molecule has 1 N–H and O–H groups in total. The van der Waals surface area contributed by atoms with Crippen LogP contribution < -0.4 is 43.0 Å². The van der Waals surface area contributed by atoms with Gasteiger partial charge in [0.2, 0.25) is 0 Å². The summed E-state index contributed by atoms with van der Waals surface area (Å²) in [5, 5.41) is 3.57. The topological polar surface area (TPSA) is 12.0 Å². The molecule has 0 radical (unpaired) electrons. The van der Waals surface area contributed by atoms with E-state index in [1.54, 1.807) is 11.1 Å². The van der Waals surface area contributed by atoms with Crippen molar-refractivity contribution in [2.75, 3.05) is 6.54 Å². The molecule has 0 aliphatic heterocycles. The molecule has 0 heterocycles. The van der Waals surface area contributed by atoms with E-state index < -0.39 is 0 Å². The first-order valence-corrected chi connectivity index (χ1v) is 6.36. The van der Waals surface area contributed by atoms with Crippen LogP contribution in [0, 0.1) is 5.92 Å².